The Morgan fingerprint density at radius 3 is 1.62 bits per heavy atom. The van der Waals surface area contributed by atoms with Gasteiger partial charge in [0.05, 0.1) is 5.60 Å². The Balaban J connectivity index is 0.000000281. The van der Waals surface area contributed by atoms with Gasteiger partial charge in [-0.2, -0.15) is 12.6 Å². The van der Waals surface area contributed by atoms with Crippen LogP contribution in [0.4, 0.5) is 5.69 Å². The third-order valence-electron chi connectivity index (χ3n) is 2.43. The molecule has 3 N–H and O–H groups in total. The summed E-state index contributed by atoms with van der Waals surface area (Å²) >= 11 is 4.19. The Hall–Kier alpha value is -0.605. The molecule has 16 heavy (non-hydrogen) atoms. The van der Waals surface area contributed by atoms with Gasteiger partial charge in [-0.1, -0.05) is 17.6 Å². The van der Waals surface area contributed by atoms with E-state index in [4.69, 9.17) is 13.6 Å². The van der Waals surface area contributed by atoms with Gasteiger partial charge < -0.3 is 10.8 Å². The van der Waals surface area contributed by atoms with Gasteiger partial charge in [-0.3, -0.25) is 0 Å². The first-order chi connectivity index (χ1) is 7.04. The molecular formula is C12H20BNOS. The summed E-state index contributed by atoms with van der Waals surface area (Å²) in [6.45, 7) is 7.27. The van der Waals surface area contributed by atoms with E-state index in [1.165, 1.54) is 0 Å². The summed E-state index contributed by atoms with van der Waals surface area (Å²) < 4.78 is -0.312. The van der Waals surface area contributed by atoms with E-state index in [0.29, 0.717) is 0 Å². The van der Waals surface area contributed by atoms with Crippen molar-refractivity contribution in [1.29, 1.82) is 0 Å². The van der Waals surface area contributed by atoms with Crippen molar-refractivity contribution in [3.63, 3.8) is 0 Å². The second-order valence-electron chi connectivity index (χ2n) is 4.78. The molecule has 0 aliphatic rings. The van der Waals surface area contributed by atoms with Crippen molar-refractivity contribution in [2.24, 2.45) is 0 Å². The van der Waals surface area contributed by atoms with Gasteiger partial charge in [0.1, 0.15) is 7.85 Å². The lowest BCUT2D eigenvalue weighted by Crippen LogP contribution is -2.40. The van der Waals surface area contributed by atoms with Gasteiger partial charge in [0.15, 0.2) is 0 Å². The van der Waals surface area contributed by atoms with Gasteiger partial charge in [-0.05, 0) is 39.8 Å². The van der Waals surface area contributed by atoms with Crippen LogP contribution >= 0.6 is 12.6 Å². The maximum Gasteiger partial charge on any atom is 0.113 e. The molecule has 1 aromatic rings. The van der Waals surface area contributed by atoms with E-state index >= 15 is 0 Å². The normalized spacial score (nSPS) is 11.6. The van der Waals surface area contributed by atoms with E-state index in [9.17, 15) is 5.11 Å². The zero-order valence-corrected chi connectivity index (χ0v) is 11.3. The maximum atomic E-state index is 9.28. The van der Waals surface area contributed by atoms with Gasteiger partial charge in [0.2, 0.25) is 0 Å². The molecule has 1 aromatic carbocycles. The second kappa shape index (κ2) is 5.64. The van der Waals surface area contributed by atoms with Crippen LogP contribution in [-0.4, -0.2) is 23.3 Å². The summed E-state index contributed by atoms with van der Waals surface area (Å²) in [5, 5.41) is 9.28. The van der Waals surface area contributed by atoms with Crippen LogP contribution < -0.4 is 11.2 Å². The number of rotatable bonds is 1. The molecule has 4 heteroatoms. The number of nitrogen functional groups attached to an aromatic ring is 1. The quantitative estimate of drug-likeness (QED) is 0.394. The molecule has 1 rings (SSSR count). The van der Waals surface area contributed by atoms with Crippen molar-refractivity contribution in [3.05, 3.63) is 24.3 Å². The van der Waals surface area contributed by atoms with Crippen LogP contribution in [0.15, 0.2) is 24.3 Å². The molecule has 0 fully saturated rings. The summed E-state index contributed by atoms with van der Waals surface area (Å²) in [5.41, 5.74) is 6.17. The van der Waals surface area contributed by atoms with Crippen LogP contribution in [0.3, 0.4) is 0 Å². The molecule has 0 saturated heterocycles. The molecule has 0 aliphatic carbocycles. The van der Waals surface area contributed by atoms with Gasteiger partial charge in [-0.25, -0.2) is 0 Å². The fourth-order valence-electron chi connectivity index (χ4n) is 0.496. The maximum absolute atomic E-state index is 9.28. The topological polar surface area (TPSA) is 46.2 Å². The van der Waals surface area contributed by atoms with Crippen LogP contribution in [0.2, 0.25) is 0 Å². The largest absolute Gasteiger partial charge is 0.399 e. The summed E-state index contributed by atoms with van der Waals surface area (Å²) in [4.78, 5) is 0. The zero-order chi connectivity index (χ0) is 13.0. The van der Waals surface area contributed by atoms with E-state index in [1.807, 2.05) is 13.8 Å². The fourth-order valence-corrected chi connectivity index (χ4v) is 0.496. The SMILES string of the molecule is CC(C)(O)C(C)(C)S.[B]c1ccc(N)cc1. The van der Waals surface area contributed by atoms with Crippen LogP contribution in [-0.2, 0) is 0 Å². The van der Waals surface area contributed by atoms with E-state index in [2.05, 4.69) is 12.6 Å². The lowest BCUT2D eigenvalue weighted by molar-refractivity contribution is 0.0500. The van der Waals surface area contributed by atoms with Crippen molar-refractivity contribution in [3.8, 4) is 0 Å². The summed E-state index contributed by atoms with van der Waals surface area (Å²) in [6, 6.07) is 7.09. The third kappa shape index (κ3) is 6.08. The van der Waals surface area contributed by atoms with E-state index in [-0.39, 0.29) is 4.75 Å². The van der Waals surface area contributed by atoms with Crippen molar-refractivity contribution in [2.45, 2.75) is 38.0 Å². The van der Waals surface area contributed by atoms with Gasteiger partial charge >= 0.3 is 0 Å². The molecule has 0 unspecified atom stereocenters. The Labute approximate surface area is 105 Å². The standard InChI is InChI=1S/C6H6BN.C6H14OS/c7-5-1-3-6(8)4-2-5;1-5(2,7)6(3,4)8/h1-4H,8H2;7-8H,1-4H3. The Kier molecular flexibility index (Phi) is 5.43. The molecule has 0 bridgehead atoms. The fraction of sp³-hybridized carbons (Fsp3) is 0.500. The number of benzene rings is 1. The number of nitrogens with two attached hydrogens (primary N) is 1. The predicted molar refractivity (Wildman–Crippen MR) is 75.6 cm³/mol. The zero-order valence-electron chi connectivity index (χ0n) is 10.4. The molecule has 0 heterocycles. The van der Waals surface area contributed by atoms with E-state index in [1.54, 1.807) is 38.1 Å². The highest BCUT2D eigenvalue weighted by molar-refractivity contribution is 7.81. The first-order valence-electron chi connectivity index (χ1n) is 5.10. The van der Waals surface area contributed by atoms with Crippen molar-refractivity contribution < 1.29 is 5.11 Å². The summed E-state index contributed by atoms with van der Waals surface area (Å²) in [7, 11) is 5.37. The minimum absolute atomic E-state index is 0.312. The monoisotopic (exact) mass is 237 g/mol. The van der Waals surface area contributed by atoms with Crippen molar-refractivity contribution in [2.75, 3.05) is 5.73 Å². The highest BCUT2D eigenvalue weighted by Gasteiger charge is 2.30. The Morgan fingerprint density at radius 2 is 1.44 bits per heavy atom. The molecule has 0 amide bonds. The lowest BCUT2D eigenvalue weighted by Gasteiger charge is -2.32. The second-order valence-corrected chi connectivity index (χ2v) is 5.90. The molecule has 0 atom stereocenters. The molecule has 2 radical (unpaired) electrons. The minimum Gasteiger partial charge on any atom is -0.399 e. The molecule has 0 aromatic heterocycles. The minimum atomic E-state index is -0.698. The van der Waals surface area contributed by atoms with Crippen LogP contribution in [0, 0.1) is 0 Å². The number of anilines is 1. The molecule has 0 aliphatic heterocycles. The average molecular weight is 237 g/mol. The highest BCUT2D eigenvalue weighted by Crippen LogP contribution is 2.26. The van der Waals surface area contributed by atoms with E-state index in [0.717, 1.165) is 11.2 Å². The number of aliphatic hydroxyl groups is 1. The summed E-state index contributed by atoms with van der Waals surface area (Å²) in [5.74, 6) is 0. The Morgan fingerprint density at radius 1 is 1.12 bits per heavy atom. The van der Waals surface area contributed by atoms with Gasteiger partial charge in [0, 0.05) is 10.4 Å². The van der Waals surface area contributed by atoms with Crippen molar-refractivity contribution >= 4 is 31.6 Å². The Bertz CT molecular complexity index is 278. The average Bonchev–Trinajstić information content (AvgIpc) is 2.08. The molecule has 88 valence electrons. The van der Waals surface area contributed by atoms with Gasteiger partial charge in [-0.15, -0.1) is 0 Å². The first kappa shape index (κ1) is 15.4. The predicted octanol–water partition coefficient (Wildman–Crippen LogP) is 1.53. The molecule has 0 spiro atoms. The first-order valence-corrected chi connectivity index (χ1v) is 5.54. The number of thiol groups is 1. The van der Waals surface area contributed by atoms with E-state index < -0.39 is 5.60 Å². The lowest BCUT2D eigenvalue weighted by atomic mass is 9.94. The highest BCUT2D eigenvalue weighted by atomic mass is 32.1. The number of hydrogen-bond acceptors (Lipinski definition) is 3. The number of hydrogen-bond donors (Lipinski definition) is 3. The van der Waals surface area contributed by atoms with Crippen molar-refractivity contribution in [1.82, 2.24) is 0 Å². The van der Waals surface area contributed by atoms with Crippen LogP contribution in [0.1, 0.15) is 27.7 Å². The van der Waals surface area contributed by atoms with Crippen LogP contribution in [0.5, 0.6) is 0 Å². The smallest absolute Gasteiger partial charge is 0.113 e. The third-order valence-corrected chi connectivity index (χ3v) is 2.98. The summed E-state index contributed by atoms with van der Waals surface area (Å²) in [6.07, 6.45) is 0. The van der Waals surface area contributed by atoms with Crippen LogP contribution in [0.25, 0.3) is 0 Å². The molecule has 2 nitrogen and oxygen atoms in total. The molecule has 0 saturated carbocycles. The van der Waals surface area contributed by atoms with Gasteiger partial charge in [0.25, 0.3) is 0 Å². The molecular weight excluding hydrogens is 217 g/mol.